The molecule has 0 spiro atoms. The predicted octanol–water partition coefficient (Wildman–Crippen LogP) is -1.18. The lowest BCUT2D eigenvalue weighted by molar-refractivity contribution is -0.112. The Labute approximate surface area is 63.8 Å². The molecule has 0 saturated heterocycles. The summed E-state index contributed by atoms with van der Waals surface area (Å²) < 4.78 is 0. The zero-order chi connectivity index (χ0) is 7.84. The summed E-state index contributed by atoms with van der Waals surface area (Å²) in [6, 6.07) is 0. The summed E-state index contributed by atoms with van der Waals surface area (Å²) in [5.74, 6) is 0.695. The van der Waals surface area contributed by atoms with Crippen LogP contribution in [0.15, 0.2) is 10.1 Å². The molecule has 0 aromatic rings. The maximum Gasteiger partial charge on any atom is 0.205 e. The molecule has 0 amide bonds. The number of ketones is 1. The topological polar surface area (TPSA) is 57.1 Å². The smallest absolute Gasteiger partial charge is 0.205 e. The van der Waals surface area contributed by atoms with Gasteiger partial charge in [-0.2, -0.15) is 5.10 Å². The van der Waals surface area contributed by atoms with E-state index >= 15 is 0 Å². The van der Waals surface area contributed by atoms with Crippen molar-refractivity contribution in [2.24, 2.45) is 10.1 Å². The maximum atomic E-state index is 11.1. The standard InChI is InChI=1S/C6H8N4O/c1-10-3-7-5-4(11)2-8-9-6(5)10/h8H,2-3H2,1H3. The van der Waals surface area contributed by atoms with Crippen LogP contribution in [0.3, 0.4) is 0 Å². The molecule has 2 aliphatic heterocycles. The summed E-state index contributed by atoms with van der Waals surface area (Å²) in [4.78, 5) is 17.0. The molecule has 0 aliphatic carbocycles. The Hall–Kier alpha value is -1.39. The SMILES string of the molecule is CN1CN=C2C(=O)CNN=C21. The van der Waals surface area contributed by atoms with Crippen LogP contribution in [0.2, 0.25) is 0 Å². The molecule has 11 heavy (non-hydrogen) atoms. The highest BCUT2D eigenvalue weighted by molar-refractivity contribution is 6.68. The fraction of sp³-hybridized carbons (Fsp3) is 0.500. The lowest BCUT2D eigenvalue weighted by Crippen LogP contribution is -2.41. The number of amidine groups is 1. The molecule has 2 heterocycles. The molecule has 0 atom stereocenters. The van der Waals surface area contributed by atoms with Gasteiger partial charge in [0.1, 0.15) is 12.4 Å². The molecular formula is C6H8N4O. The number of nitrogens with one attached hydrogen (secondary N) is 1. The number of carbonyl (C=O) groups excluding carboxylic acids is 1. The van der Waals surface area contributed by atoms with Gasteiger partial charge in [0, 0.05) is 7.05 Å². The minimum Gasteiger partial charge on any atom is -0.337 e. The van der Waals surface area contributed by atoms with Gasteiger partial charge in [-0.3, -0.25) is 9.79 Å². The van der Waals surface area contributed by atoms with E-state index < -0.39 is 0 Å². The second kappa shape index (κ2) is 2.05. The molecule has 0 aromatic heterocycles. The quantitative estimate of drug-likeness (QED) is 0.475. The van der Waals surface area contributed by atoms with Crippen LogP contribution in [0.25, 0.3) is 0 Å². The van der Waals surface area contributed by atoms with Crippen LogP contribution in [0, 0.1) is 0 Å². The Morgan fingerprint density at radius 1 is 1.64 bits per heavy atom. The van der Waals surface area contributed by atoms with Gasteiger partial charge >= 0.3 is 0 Å². The first-order valence-corrected chi connectivity index (χ1v) is 3.39. The van der Waals surface area contributed by atoms with E-state index in [-0.39, 0.29) is 12.3 Å². The maximum absolute atomic E-state index is 11.1. The van der Waals surface area contributed by atoms with Gasteiger partial charge in [-0.1, -0.05) is 0 Å². The minimum absolute atomic E-state index is 0.0272. The molecule has 1 N–H and O–H groups in total. The first-order chi connectivity index (χ1) is 5.29. The highest BCUT2D eigenvalue weighted by Gasteiger charge is 2.28. The van der Waals surface area contributed by atoms with Gasteiger partial charge in [0.2, 0.25) is 5.78 Å². The fourth-order valence-corrected chi connectivity index (χ4v) is 1.12. The first-order valence-electron chi connectivity index (χ1n) is 3.39. The summed E-state index contributed by atoms with van der Waals surface area (Å²) in [6.07, 6.45) is 0. The van der Waals surface area contributed by atoms with Crippen molar-refractivity contribution in [1.29, 1.82) is 0 Å². The Bertz CT molecular complexity index is 268. The van der Waals surface area contributed by atoms with Gasteiger partial charge in [-0.05, 0) is 0 Å². The number of aliphatic imine (C=N–C) groups is 1. The van der Waals surface area contributed by atoms with Crippen LogP contribution < -0.4 is 5.43 Å². The van der Waals surface area contributed by atoms with Crippen LogP contribution in [0.4, 0.5) is 0 Å². The van der Waals surface area contributed by atoms with Crippen LogP contribution in [-0.4, -0.2) is 42.5 Å². The number of hydrazone groups is 1. The van der Waals surface area contributed by atoms with Crippen LogP contribution in [0.1, 0.15) is 0 Å². The third-order valence-electron chi connectivity index (χ3n) is 1.70. The van der Waals surface area contributed by atoms with Crippen molar-refractivity contribution in [2.45, 2.75) is 0 Å². The number of nitrogens with zero attached hydrogens (tertiary/aromatic N) is 3. The number of Topliss-reactive ketones (excluding diaryl/α,β-unsaturated/α-hetero) is 1. The summed E-state index contributed by atoms with van der Waals surface area (Å²) >= 11 is 0. The summed E-state index contributed by atoms with van der Waals surface area (Å²) in [5.41, 5.74) is 3.17. The van der Waals surface area contributed by atoms with Crippen molar-refractivity contribution in [2.75, 3.05) is 20.3 Å². The van der Waals surface area contributed by atoms with Gasteiger partial charge in [0.15, 0.2) is 5.84 Å². The number of hydrogen-bond acceptors (Lipinski definition) is 5. The van der Waals surface area contributed by atoms with Crippen molar-refractivity contribution in [3.63, 3.8) is 0 Å². The Kier molecular flexibility index (Phi) is 1.18. The van der Waals surface area contributed by atoms with E-state index in [0.29, 0.717) is 18.2 Å². The third kappa shape index (κ3) is 0.806. The highest BCUT2D eigenvalue weighted by Crippen LogP contribution is 2.04. The van der Waals surface area contributed by atoms with Crippen LogP contribution in [0.5, 0.6) is 0 Å². The average Bonchev–Trinajstić information content (AvgIpc) is 2.35. The Morgan fingerprint density at radius 2 is 2.45 bits per heavy atom. The molecule has 58 valence electrons. The molecule has 5 nitrogen and oxygen atoms in total. The van der Waals surface area contributed by atoms with Crippen molar-refractivity contribution < 1.29 is 4.79 Å². The van der Waals surface area contributed by atoms with Crippen molar-refractivity contribution in [3.8, 4) is 0 Å². The molecule has 2 rings (SSSR count). The van der Waals surface area contributed by atoms with E-state index in [0.717, 1.165) is 0 Å². The van der Waals surface area contributed by atoms with Gasteiger partial charge < -0.3 is 10.3 Å². The molecule has 0 aromatic carbocycles. The van der Waals surface area contributed by atoms with E-state index in [1.807, 2.05) is 11.9 Å². The molecule has 2 aliphatic rings. The van der Waals surface area contributed by atoms with Crippen molar-refractivity contribution >= 4 is 17.3 Å². The van der Waals surface area contributed by atoms with Crippen molar-refractivity contribution in [3.05, 3.63) is 0 Å². The number of rotatable bonds is 0. The highest BCUT2D eigenvalue weighted by atomic mass is 16.1. The van der Waals surface area contributed by atoms with E-state index in [1.54, 1.807) is 0 Å². The summed E-state index contributed by atoms with van der Waals surface area (Å²) in [5, 5.41) is 3.96. The zero-order valence-corrected chi connectivity index (χ0v) is 6.16. The van der Waals surface area contributed by atoms with E-state index in [4.69, 9.17) is 0 Å². The number of fused-ring (bicyclic) bond motifs is 1. The predicted molar refractivity (Wildman–Crippen MR) is 40.5 cm³/mol. The normalized spacial score (nSPS) is 22.3. The first kappa shape index (κ1) is 6.33. The zero-order valence-electron chi connectivity index (χ0n) is 6.16. The Morgan fingerprint density at radius 3 is 3.18 bits per heavy atom. The third-order valence-corrected chi connectivity index (χ3v) is 1.70. The van der Waals surface area contributed by atoms with Crippen LogP contribution in [-0.2, 0) is 4.79 Å². The fourth-order valence-electron chi connectivity index (χ4n) is 1.12. The monoisotopic (exact) mass is 152 g/mol. The summed E-state index contributed by atoms with van der Waals surface area (Å²) in [7, 11) is 1.86. The largest absolute Gasteiger partial charge is 0.337 e. The van der Waals surface area contributed by atoms with Gasteiger partial charge in [0.05, 0.1) is 6.54 Å². The van der Waals surface area contributed by atoms with E-state index in [1.165, 1.54) is 0 Å². The summed E-state index contributed by atoms with van der Waals surface area (Å²) in [6.45, 7) is 0.817. The molecular weight excluding hydrogens is 144 g/mol. The number of carbonyl (C=O) groups is 1. The molecule has 0 unspecified atom stereocenters. The second-order valence-electron chi connectivity index (χ2n) is 2.54. The number of hydrogen-bond donors (Lipinski definition) is 1. The Balaban J connectivity index is 2.39. The molecule has 0 bridgehead atoms. The van der Waals surface area contributed by atoms with Gasteiger partial charge in [-0.15, -0.1) is 0 Å². The lowest BCUT2D eigenvalue weighted by atomic mass is 10.2. The molecule has 0 fully saturated rings. The van der Waals surface area contributed by atoms with Gasteiger partial charge in [-0.25, -0.2) is 0 Å². The second-order valence-corrected chi connectivity index (χ2v) is 2.54. The minimum atomic E-state index is 0.0272. The average molecular weight is 152 g/mol. The lowest BCUT2D eigenvalue weighted by Gasteiger charge is -2.14. The molecule has 0 radical (unpaired) electrons. The van der Waals surface area contributed by atoms with Gasteiger partial charge in [0.25, 0.3) is 0 Å². The van der Waals surface area contributed by atoms with E-state index in [9.17, 15) is 4.79 Å². The molecule has 5 heteroatoms. The molecule has 0 saturated carbocycles. The van der Waals surface area contributed by atoms with Crippen molar-refractivity contribution in [1.82, 2.24) is 10.3 Å². The van der Waals surface area contributed by atoms with E-state index in [2.05, 4.69) is 15.5 Å². The van der Waals surface area contributed by atoms with Crippen LogP contribution >= 0.6 is 0 Å².